The Morgan fingerprint density at radius 3 is 2.60 bits per heavy atom. The highest BCUT2D eigenvalue weighted by Gasteiger charge is 2.33. The van der Waals surface area contributed by atoms with Crippen molar-refractivity contribution in [3.05, 3.63) is 28.8 Å². The highest BCUT2D eigenvalue weighted by molar-refractivity contribution is 6.34. The number of halogens is 1. The van der Waals surface area contributed by atoms with E-state index in [-0.39, 0.29) is 35.5 Å². The van der Waals surface area contributed by atoms with Gasteiger partial charge in [-0.15, -0.1) is 0 Å². The van der Waals surface area contributed by atoms with E-state index >= 15 is 0 Å². The highest BCUT2D eigenvalue weighted by Crippen LogP contribution is 2.24. The summed E-state index contributed by atoms with van der Waals surface area (Å²) in [4.78, 5) is 37.2. The summed E-state index contributed by atoms with van der Waals surface area (Å²) >= 11 is 6.14. The van der Waals surface area contributed by atoms with Crippen molar-refractivity contribution in [2.75, 3.05) is 18.4 Å². The van der Waals surface area contributed by atoms with Gasteiger partial charge in [0.25, 0.3) is 5.91 Å². The number of carbonyl (C=O) groups is 3. The van der Waals surface area contributed by atoms with Gasteiger partial charge in [-0.1, -0.05) is 25.4 Å². The fourth-order valence-corrected chi connectivity index (χ4v) is 2.68. The molecule has 136 valence electrons. The number of hydrogen-bond donors (Lipinski definition) is 2. The predicted molar refractivity (Wildman–Crippen MR) is 92.8 cm³/mol. The first-order chi connectivity index (χ1) is 11.7. The molecule has 7 nitrogen and oxygen atoms in total. The Morgan fingerprint density at radius 1 is 1.32 bits per heavy atom. The maximum absolute atomic E-state index is 12.8. The highest BCUT2D eigenvalue weighted by atomic mass is 35.5. The summed E-state index contributed by atoms with van der Waals surface area (Å²) in [6, 6.07) is 4.64. The first-order valence-electron chi connectivity index (χ1n) is 7.97. The molecule has 0 aromatic heterocycles. The van der Waals surface area contributed by atoms with Gasteiger partial charge in [0, 0.05) is 18.2 Å². The molecule has 0 saturated carbocycles. The molecule has 2 rings (SSSR count). The van der Waals surface area contributed by atoms with E-state index < -0.39 is 24.1 Å². The molecule has 1 saturated heterocycles. The fraction of sp³-hybridized carbons (Fsp3) is 0.471. The van der Waals surface area contributed by atoms with E-state index in [4.69, 9.17) is 21.4 Å². The number of carboxylic acids is 1. The minimum atomic E-state index is -1.12. The van der Waals surface area contributed by atoms with Crippen LogP contribution >= 0.6 is 11.6 Å². The van der Waals surface area contributed by atoms with Crippen LogP contribution in [0.25, 0.3) is 0 Å². The van der Waals surface area contributed by atoms with Gasteiger partial charge in [-0.3, -0.25) is 9.59 Å². The lowest BCUT2D eigenvalue weighted by Gasteiger charge is -2.35. The number of carboxylic acid groups (broad SMARTS) is 1. The van der Waals surface area contributed by atoms with Crippen LogP contribution in [0, 0.1) is 5.92 Å². The molecule has 2 amide bonds. The van der Waals surface area contributed by atoms with E-state index in [9.17, 15) is 14.4 Å². The van der Waals surface area contributed by atoms with Gasteiger partial charge < -0.3 is 20.1 Å². The maximum atomic E-state index is 12.8. The SMILES string of the molecule is CC(C)C(=O)Nc1ccc(Cl)c(C(=O)N2CC(C(=O)O)O[C@H](C)C2)c1. The zero-order valence-electron chi connectivity index (χ0n) is 14.3. The Labute approximate surface area is 150 Å². The lowest BCUT2D eigenvalue weighted by molar-refractivity contribution is -0.160. The third-order valence-electron chi connectivity index (χ3n) is 3.81. The van der Waals surface area contributed by atoms with Gasteiger partial charge in [-0.05, 0) is 25.1 Å². The molecule has 1 aliphatic heterocycles. The Hall–Kier alpha value is -2.12. The van der Waals surface area contributed by atoms with Crippen LogP contribution in [0.5, 0.6) is 0 Å². The molecule has 1 aromatic rings. The number of rotatable bonds is 4. The second kappa shape index (κ2) is 7.84. The Kier molecular flexibility index (Phi) is 6.02. The van der Waals surface area contributed by atoms with Crippen LogP contribution in [-0.2, 0) is 14.3 Å². The number of hydrogen-bond acceptors (Lipinski definition) is 4. The van der Waals surface area contributed by atoms with Gasteiger partial charge in [-0.25, -0.2) is 4.79 Å². The number of ether oxygens (including phenoxy) is 1. The molecule has 1 heterocycles. The van der Waals surface area contributed by atoms with E-state index in [0.29, 0.717) is 5.69 Å². The first-order valence-corrected chi connectivity index (χ1v) is 8.34. The molecule has 1 fully saturated rings. The zero-order chi connectivity index (χ0) is 18.7. The van der Waals surface area contributed by atoms with Crippen LogP contribution in [0.4, 0.5) is 5.69 Å². The van der Waals surface area contributed by atoms with E-state index in [1.54, 1.807) is 26.8 Å². The second-order valence-electron chi connectivity index (χ2n) is 6.32. The lowest BCUT2D eigenvalue weighted by atomic mass is 10.1. The van der Waals surface area contributed by atoms with Crippen LogP contribution < -0.4 is 5.32 Å². The molecule has 0 radical (unpaired) electrons. The summed E-state index contributed by atoms with van der Waals surface area (Å²) in [6.07, 6.45) is -1.48. The summed E-state index contributed by atoms with van der Waals surface area (Å²) in [5, 5.41) is 12.1. The van der Waals surface area contributed by atoms with Crippen molar-refractivity contribution in [3.63, 3.8) is 0 Å². The minimum absolute atomic E-state index is 0.0581. The fourth-order valence-electron chi connectivity index (χ4n) is 2.48. The number of nitrogens with zero attached hydrogens (tertiary/aromatic N) is 1. The smallest absolute Gasteiger partial charge is 0.334 e. The Morgan fingerprint density at radius 2 is 2.00 bits per heavy atom. The molecular formula is C17H21ClN2O5. The third kappa shape index (κ3) is 4.70. The number of morpholine rings is 1. The second-order valence-corrected chi connectivity index (χ2v) is 6.73. The van der Waals surface area contributed by atoms with Gasteiger partial charge >= 0.3 is 5.97 Å². The van der Waals surface area contributed by atoms with Crippen molar-refractivity contribution in [1.82, 2.24) is 4.90 Å². The van der Waals surface area contributed by atoms with Crippen molar-refractivity contribution >= 4 is 35.1 Å². The maximum Gasteiger partial charge on any atom is 0.334 e. The summed E-state index contributed by atoms with van der Waals surface area (Å²) in [5.41, 5.74) is 0.670. The van der Waals surface area contributed by atoms with Gasteiger partial charge in [-0.2, -0.15) is 0 Å². The van der Waals surface area contributed by atoms with Gasteiger partial charge in [0.1, 0.15) is 0 Å². The molecule has 8 heteroatoms. The monoisotopic (exact) mass is 368 g/mol. The number of benzene rings is 1. The zero-order valence-corrected chi connectivity index (χ0v) is 15.0. The first kappa shape index (κ1) is 19.2. The summed E-state index contributed by atoms with van der Waals surface area (Å²) < 4.78 is 5.31. The molecule has 1 unspecified atom stereocenters. The standard InChI is InChI=1S/C17H21ClN2O5/c1-9(2)15(21)19-11-4-5-13(18)12(6-11)16(22)20-7-10(3)25-14(8-20)17(23)24/h4-6,9-10,14H,7-8H2,1-3H3,(H,19,21)(H,23,24)/t10-,14?/m1/s1. The predicted octanol–water partition coefficient (Wildman–Crippen LogP) is 2.25. The molecule has 0 aliphatic carbocycles. The van der Waals surface area contributed by atoms with Crippen molar-refractivity contribution < 1.29 is 24.2 Å². The van der Waals surface area contributed by atoms with E-state index in [1.165, 1.54) is 17.0 Å². The topological polar surface area (TPSA) is 95.9 Å². The Balaban J connectivity index is 2.23. The summed E-state index contributed by atoms with van der Waals surface area (Å²) in [6.45, 7) is 5.44. The van der Waals surface area contributed by atoms with Crippen LogP contribution in [0.15, 0.2) is 18.2 Å². The largest absolute Gasteiger partial charge is 0.479 e. The third-order valence-corrected chi connectivity index (χ3v) is 4.14. The van der Waals surface area contributed by atoms with Crippen molar-refractivity contribution in [2.24, 2.45) is 5.92 Å². The van der Waals surface area contributed by atoms with Crippen molar-refractivity contribution in [2.45, 2.75) is 33.0 Å². The molecular weight excluding hydrogens is 348 g/mol. The minimum Gasteiger partial charge on any atom is -0.479 e. The quantitative estimate of drug-likeness (QED) is 0.849. The van der Waals surface area contributed by atoms with Crippen molar-refractivity contribution in [1.29, 1.82) is 0 Å². The summed E-state index contributed by atoms with van der Waals surface area (Å²) in [7, 11) is 0. The van der Waals surface area contributed by atoms with Crippen LogP contribution in [0.2, 0.25) is 5.02 Å². The van der Waals surface area contributed by atoms with Gasteiger partial charge in [0.05, 0.1) is 23.2 Å². The van der Waals surface area contributed by atoms with E-state index in [1.807, 2.05) is 0 Å². The number of amides is 2. The van der Waals surface area contributed by atoms with Crippen molar-refractivity contribution in [3.8, 4) is 0 Å². The molecule has 2 atom stereocenters. The molecule has 25 heavy (non-hydrogen) atoms. The molecule has 2 N–H and O–H groups in total. The molecule has 1 aromatic carbocycles. The van der Waals surface area contributed by atoms with Gasteiger partial charge in [0.2, 0.25) is 5.91 Å². The molecule has 0 bridgehead atoms. The van der Waals surface area contributed by atoms with E-state index in [0.717, 1.165) is 0 Å². The number of aliphatic carboxylic acids is 1. The van der Waals surface area contributed by atoms with E-state index in [2.05, 4.69) is 5.32 Å². The molecule has 1 aliphatic rings. The normalized spacial score (nSPS) is 20.4. The molecule has 0 spiro atoms. The lowest BCUT2D eigenvalue weighted by Crippen LogP contribution is -2.51. The average Bonchev–Trinajstić information content (AvgIpc) is 2.55. The van der Waals surface area contributed by atoms with Crippen LogP contribution in [0.1, 0.15) is 31.1 Å². The number of nitrogens with one attached hydrogen (secondary N) is 1. The summed E-state index contributed by atoms with van der Waals surface area (Å²) in [5.74, 6) is -1.89. The van der Waals surface area contributed by atoms with Crippen LogP contribution in [0.3, 0.4) is 0 Å². The number of anilines is 1. The number of carbonyl (C=O) groups excluding carboxylic acids is 2. The Bertz CT molecular complexity index is 692. The van der Waals surface area contributed by atoms with Gasteiger partial charge in [0.15, 0.2) is 6.10 Å². The van der Waals surface area contributed by atoms with Crippen LogP contribution in [-0.4, -0.2) is 53.1 Å². The average molecular weight is 369 g/mol.